The van der Waals surface area contributed by atoms with Crippen LogP contribution in [-0.2, 0) is 87.7 Å². The number of aromatic amines is 2. The fourth-order valence-corrected chi connectivity index (χ4v) is 14.5. The Morgan fingerprint density at radius 3 is 2.00 bits per heavy atom. The van der Waals surface area contributed by atoms with Crippen LogP contribution in [-0.4, -0.2) is 178 Å². The molecule has 9 heterocycles. The number of aliphatic hydroxyl groups is 2. The number of phosphoric ester groups is 2. The minimum absolute atomic E-state index is 0.0157. The van der Waals surface area contributed by atoms with E-state index < -0.39 is 141 Å². The van der Waals surface area contributed by atoms with Gasteiger partial charge in [0.25, 0.3) is 17.1 Å². The van der Waals surface area contributed by atoms with Gasteiger partial charge < -0.3 is 79.9 Å². The third kappa shape index (κ3) is 12.3. The van der Waals surface area contributed by atoms with E-state index in [2.05, 4.69) is 48.5 Å². The molecule has 16 atom stereocenters. The van der Waals surface area contributed by atoms with Crippen LogP contribution < -0.4 is 32.9 Å². The number of fused-ring (bicyclic) bond motifs is 3. The van der Waals surface area contributed by atoms with Crippen molar-refractivity contribution in [2.45, 2.75) is 93.6 Å². The summed E-state index contributed by atoms with van der Waals surface area (Å²) in [7, 11) is -13.2. The Hall–Kier alpha value is -4.73. The largest absolute Gasteiger partial charge is 0.488 e. The number of nitrogens with two attached hydrogens (primary N) is 3. The van der Waals surface area contributed by atoms with E-state index in [0.29, 0.717) is 0 Å². The highest BCUT2D eigenvalue weighted by molar-refractivity contribution is 8.08. The Balaban J connectivity index is 0.882. The normalized spacial score (nSPS) is 29.6. The van der Waals surface area contributed by atoms with Crippen molar-refractivity contribution in [2.24, 2.45) is 7.05 Å². The zero-order valence-electron chi connectivity index (χ0n) is 41.5. The molecule has 3 saturated heterocycles. The molecule has 9 rings (SSSR count). The molecule has 0 spiro atoms. The summed E-state index contributed by atoms with van der Waals surface area (Å²) in [4.78, 5) is 97.8. The number of hydrogen-bond acceptors (Lipinski definition) is 29. The fourth-order valence-electron chi connectivity index (χ4n) is 9.04. The maximum Gasteiger partial charge on any atom is 0.488 e. The smallest absolute Gasteiger partial charge is 0.386 e. The number of imidazole rings is 3. The van der Waals surface area contributed by atoms with Crippen molar-refractivity contribution in [3.05, 3.63) is 46.0 Å². The molecule has 0 amide bonds. The van der Waals surface area contributed by atoms with Crippen LogP contribution in [0.5, 0.6) is 0 Å². The number of hydrogen-bond donors (Lipinski definition) is 11. The summed E-state index contributed by atoms with van der Waals surface area (Å²) < 4.78 is 111. The second-order valence-electron chi connectivity index (χ2n) is 17.8. The van der Waals surface area contributed by atoms with Gasteiger partial charge in [0.15, 0.2) is 41.4 Å². The topological polar surface area (TPSA) is 523 Å². The van der Waals surface area contributed by atoms with Gasteiger partial charge in [-0.05, 0) is 25.7 Å². The summed E-state index contributed by atoms with van der Waals surface area (Å²) in [5.41, 5.74) is 16.2. The number of anilines is 3. The molecule has 6 aromatic rings. The van der Waals surface area contributed by atoms with Crippen molar-refractivity contribution >= 4 is 93.2 Å². The lowest BCUT2D eigenvalue weighted by Gasteiger charge is -2.27. The summed E-state index contributed by atoms with van der Waals surface area (Å²) in [6.45, 7) is -4.61. The minimum atomic E-state index is -5.97. The van der Waals surface area contributed by atoms with Crippen LogP contribution in [0.1, 0.15) is 32.5 Å². The zero-order chi connectivity index (χ0) is 57.3. The SMILES string of the molecule is COC1[C@@H](OP(=O)(O)OC[C@H]2O[C@@H](n3cnc4c(=O)[nH]c(N)nc43)C(O)[C@H]2OC(C)C)[C@@H](COP(O)(=S)OP(=O)(O)OP(=O)(O)OC[C@H]2O[C@@H]([n+]3cn(C)c4c(=O)[nH]c(N)nc43)C(O)[C@H]2OC)O[C@H]1n1cnc2c(N)ncnc21. The molecule has 3 aliphatic heterocycles. The molecule has 43 heteroatoms. The fraction of sp³-hybridized carbons (Fsp3) is 0.583. The molecular formula is C36H52N15O23P4S+. The van der Waals surface area contributed by atoms with Crippen LogP contribution in [0.4, 0.5) is 17.7 Å². The van der Waals surface area contributed by atoms with Crippen LogP contribution in [0.2, 0.25) is 0 Å². The maximum absolute atomic E-state index is 14.0. The number of aliphatic hydroxyl groups excluding tert-OH is 2. The van der Waals surface area contributed by atoms with E-state index >= 15 is 0 Å². The van der Waals surface area contributed by atoms with E-state index in [4.69, 9.17) is 75.5 Å². The van der Waals surface area contributed by atoms with Gasteiger partial charge in [-0.15, -0.1) is 0 Å². The Morgan fingerprint density at radius 2 is 1.32 bits per heavy atom. The van der Waals surface area contributed by atoms with Gasteiger partial charge in [0.2, 0.25) is 17.7 Å². The van der Waals surface area contributed by atoms with E-state index in [1.165, 1.54) is 45.1 Å². The van der Waals surface area contributed by atoms with Crippen LogP contribution in [0.25, 0.3) is 33.5 Å². The third-order valence-electron chi connectivity index (χ3n) is 12.2. The number of nitrogens with zero attached hydrogens (tertiary/aromatic N) is 10. The van der Waals surface area contributed by atoms with Crippen molar-refractivity contribution in [3.8, 4) is 0 Å². The molecule has 0 aliphatic carbocycles. The standard InChI is InChI=1S/C36H51N15O23P4S/c1-13(2)68-23-15(70-32(21(23)53)50-11-43-18-28(50)44-35(38)46-30(18)54)7-65-75(56,57)72-24-16(71-34(25(24)64-5)49-10-42-17-26(37)40-9-41-27(17)49)8-67-78(62,79)74-77(60,61)73-76(58,59)66-6-14-22(63-4)20(52)33(69-14)51-12-48(3)19-29(51)45-36(39)47-31(19)55/h9-16,20-25,32-34,52-53H,6-8H2,1-5H3,(H11-,37,38,39,40,41,44,45,46,47,54,55,56,57,58,59,60,61,62,79)/p+1/t14-,15-,16-,20?,21?,22+,23+,24+,25?,32-,33-,34-,78?/m1/s1. The summed E-state index contributed by atoms with van der Waals surface area (Å²) in [6, 6.07) is 0. The number of aromatic nitrogens is 12. The van der Waals surface area contributed by atoms with Gasteiger partial charge in [-0.3, -0.25) is 46.8 Å². The van der Waals surface area contributed by atoms with Crippen molar-refractivity contribution in [2.75, 3.05) is 51.2 Å². The Morgan fingerprint density at radius 1 is 0.722 bits per heavy atom. The molecule has 0 bridgehead atoms. The highest BCUT2D eigenvalue weighted by atomic mass is 32.5. The highest BCUT2D eigenvalue weighted by Gasteiger charge is 2.54. The third-order valence-corrected chi connectivity index (χ3v) is 18.4. The van der Waals surface area contributed by atoms with Gasteiger partial charge in [0, 0.05) is 14.2 Å². The number of H-pyrrole nitrogens is 2. The summed E-state index contributed by atoms with van der Waals surface area (Å²) in [5, 5.41) is 22.6. The van der Waals surface area contributed by atoms with E-state index in [1.54, 1.807) is 13.8 Å². The van der Waals surface area contributed by atoms with E-state index in [1.807, 2.05) is 0 Å². The first-order chi connectivity index (χ1) is 37.1. The highest BCUT2D eigenvalue weighted by Crippen LogP contribution is 2.68. The Labute approximate surface area is 446 Å². The van der Waals surface area contributed by atoms with Crippen LogP contribution >= 0.6 is 30.2 Å². The predicted octanol–water partition coefficient (Wildman–Crippen LogP) is -2.51. The molecule has 434 valence electrons. The first-order valence-electron chi connectivity index (χ1n) is 22.9. The van der Waals surface area contributed by atoms with Gasteiger partial charge in [0.05, 0.1) is 45.6 Å². The molecule has 3 aliphatic rings. The van der Waals surface area contributed by atoms with Crippen molar-refractivity contribution < 1.29 is 103 Å². The van der Waals surface area contributed by atoms with Crippen molar-refractivity contribution in [1.29, 1.82) is 0 Å². The van der Waals surface area contributed by atoms with Crippen molar-refractivity contribution in [3.63, 3.8) is 0 Å². The van der Waals surface area contributed by atoms with Gasteiger partial charge in [-0.1, -0.05) is 4.98 Å². The molecule has 7 unspecified atom stereocenters. The first kappa shape index (κ1) is 58.9. The second kappa shape index (κ2) is 22.6. The molecular weight excluding hydrogens is 1170 g/mol. The van der Waals surface area contributed by atoms with E-state index in [0.717, 1.165) is 19.8 Å². The molecule has 0 saturated carbocycles. The first-order valence-corrected chi connectivity index (χ1v) is 30.0. The maximum atomic E-state index is 14.0. The average molecular weight is 1220 g/mol. The predicted molar refractivity (Wildman–Crippen MR) is 264 cm³/mol. The number of nitrogens with one attached hydrogen (secondary N) is 2. The zero-order valence-corrected chi connectivity index (χ0v) is 45.9. The van der Waals surface area contributed by atoms with E-state index in [9.17, 15) is 53.1 Å². The van der Waals surface area contributed by atoms with Gasteiger partial charge in [-0.25, -0.2) is 42.5 Å². The van der Waals surface area contributed by atoms with Crippen LogP contribution in [0.15, 0.2) is 34.9 Å². The lowest BCUT2D eigenvalue weighted by atomic mass is 10.1. The lowest BCUT2D eigenvalue weighted by Crippen LogP contribution is -2.46. The quantitative estimate of drug-likeness (QED) is 0.0247. The number of aryl methyl sites for hydroxylation is 1. The number of ether oxygens (including phenoxy) is 6. The molecule has 3 fully saturated rings. The van der Waals surface area contributed by atoms with E-state index in [-0.39, 0.29) is 51.2 Å². The molecule has 14 N–H and O–H groups in total. The number of phosphoric acid groups is 3. The van der Waals surface area contributed by atoms with Crippen molar-refractivity contribution in [1.82, 2.24) is 53.6 Å². The van der Waals surface area contributed by atoms with Crippen LogP contribution in [0, 0.1) is 0 Å². The van der Waals surface area contributed by atoms with Gasteiger partial charge in [0.1, 0.15) is 66.8 Å². The average Bonchev–Trinajstić information content (AvgIpc) is 4.40. The summed E-state index contributed by atoms with van der Waals surface area (Å²) in [6.07, 6.45) is -13.0. The molecule has 38 nitrogen and oxygen atoms in total. The summed E-state index contributed by atoms with van der Waals surface area (Å²) >= 11 is 4.96. The Kier molecular flexibility index (Phi) is 16.8. The summed E-state index contributed by atoms with van der Waals surface area (Å²) in [5.74, 6) is -0.566. The monoisotopic (exact) mass is 1220 g/mol. The minimum Gasteiger partial charge on any atom is -0.386 e. The van der Waals surface area contributed by atoms with Gasteiger partial charge in [-0.2, -0.15) is 9.29 Å². The number of nitrogen functional groups attached to an aromatic ring is 3. The number of rotatable bonds is 22. The second-order valence-corrected chi connectivity index (χ2v) is 25.3. The van der Waals surface area contributed by atoms with Crippen LogP contribution in [0.3, 0.4) is 0 Å². The lowest BCUT2D eigenvalue weighted by molar-refractivity contribution is -0.745. The molecule has 0 radical (unpaired) electrons. The molecule has 6 aromatic heterocycles. The number of methoxy groups -OCH3 is 2. The Bertz CT molecular complexity index is 3570. The molecule has 79 heavy (non-hydrogen) atoms. The van der Waals surface area contributed by atoms with Gasteiger partial charge >= 0.3 is 35.8 Å². The molecule has 0 aromatic carbocycles.